The molecule has 0 aromatic heterocycles. The minimum Gasteiger partial charge on any atom is -0.379 e. The summed E-state index contributed by atoms with van der Waals surface area (Å²) in [5.74, 6) is -0.551. The standard InChI is InChI=1S/C21H25N3O5S/c1-3-20(25)22-17-6-4-5-16(13-17)21(26)23-18-8-7-15(2)19(14-18)30(27,28)24-9-11-29-12-10-24/h4-8,13-14H,3,9-12H2,1-2H3,(H,22,25)(H,23,26). The number of sulfonamides is 1. The number of benzene rings is 2. The Balaban J connectivity index is 1.81. The lowest BCUT2D eigenvalue weighted by Crippen LogP contribution is -2.40. The van der Waals surface area contributed by atoms with Crippen LogP contribution in [-0.2, 0) is 19.6 Å². The number of nitrogens with one attached hydrogen (secondary N) is 2. The number of amides is 2. The Morgan fingerprint density at radius 2 is 1.73 bits per heavy atom. The van der Waals surface area contributed by atoms with E-state index in [-0.39, 0.29) is 10.8 Å². The van der Waals surface area contributed by atoms with Crippen LogP contribution < -0.4 is 10.6 Å². The highest BCUT2D eigenvalue weighted by molar-refractivity contribution is 7.89. The number of morpholine rings is 1. The monoisotopic (exact) mass is 431 g/mol. The Morgan fingerprint density at radius 1 is 1.03 bits per heavy atom. The number of rotatable bonds is 6. The molecule has 8 nitrogen and oxygen atoms in total. The summed E-state index contributed by atoms with van der Waals surface area (Å²) in [7, 11) is -3.68. The highest BCUT2D eigenvalue weighted by atomic mass is 32.2. The van der Waals surface area contributed by atoms with Gasteiger partial charge in [-0.1, -0.05) is 19.1 Å². The molecule has 0 radical (unpaired) electrons. The molecule has 1 aliphatic rings. The number of aryl methyl sites for hydroxylation is 1. The van der Waals surface area contributed by atoms with Gasteiger partial charge in [-0.3, -0.25) is 9.59 Å². The summed E-state index contributed by atoms with van der Waals surface area (Å²) in [6.45, 7) is 4.78. The van der Waals surface area contributed by atoms with Gasteiger partial charge in [-0.05, 0) is 42.8 Å². The predicted molar refractivity (Wildman–Crippen MR) is 114 cm³/mol. The van der Waals surface area contributed by atoms with Gasteiger partial charge in [0.15, 0.2) is 0 Å². The summed E-state index contributed by atoms with van der Waals surface area (Å²) in [6.07, 6.45) is 0.334. The average Bonchev–Trinajstić information content (AvgIpc) is 2.75. The second kappa shape index (κ2) is 9.38. The van der Waals surface area contributed by atoms with E-state index in [0.29, 0.717) is 55.2 Å². The number of carbonyl (C=O) groups excluding carboxylic acids is 2. The summed E-state index contributed by atoms with van der Waals surface area (Å²) in [6, 6.07) is 11.4. The molecule has 9 heteroatoms. The molecule has 1 heterocycles. The van der Waals surface area contributed by atoms with Crippen molar-refractivity contribution in [2.24, 2.45) is 0 Å². The summed E-state index contributed by atoms with van der Waals surface area (Å²) in [5.41, 5.74) is 1.85. The maximum absolute atomic E-state index is 13.0. The highest BCUT2D eigenvalue weighted by Crippen LogP contribution is 2.25. The van der Waals surface area contributed by atoms with E-state index in [4.69, 9.17) is 4.74 Å². The van der Waals surface area contributed by atoms with Crippen molar-refractivity contribution in [1.82, 2.24) is 4.31 Å². The van der Waals surface area contributed by atoms with Gasteiger partial charge in [0.1, 0.15) is 0 Å². The first kappa shape index (κ1) is 21.9. The molecule has 0 spiro atoms. The van der Waals surface area contributed by atoms with E-state index < -0.39 is 15.9 Å². The van der Waals surface area contributed by atoms with Crippen LogP contribution in [0.2, 0.25) is 0 Å². The first-order valence-corrected chi connectivity index (χ1v) is 11.1. The molecule has 0 aliphatic carbocycles. The van der Waals surface area contributed by atoms with Gasteiger partial charge in [-0.25, -0.2) is 8.42 Å². The summed E-state index contributed by atoms with van der Waals surface area (Å²) in [5, 5.41) is 5.45. The first-order valence-electron chi connectivity index (χ1n) is 9.71. The Hall–Kier alpha value is -2.75. The molecule has 3 rings (SSSR count). The average molecular weight is 432 g/mol. The molecule has 1 saturated heterocycles. The third kappa shape index (κ3) is 5.05. The minimum atomic E-state index is -3.68. The smallest absolute Gasteiger partial charge is 0.255 e. The van der Waals surface area contributed by atoms with E-state index in [1.54, 1.807) is 50.2 Å². The largest absolute Gasteiger partial charge is 0.379 e. The number of hydrogen-bond donors (Lipinski definition) is 2. The maximum Gasteiger partial charge on any atom is 0.255 e. The fraction of sp³-hybridized carbons (Fsp3) is 0.333. The Morgan fingerprint density at radius 3 is 2.43 bits per heavy atom. The number of anilines is 2. The van der Waals surface area contributed by atoms with Crippen molar-refractivity contribution in [2.45, 2.75) is 25.2 Å². The Kier molecular flexibility index (Phi) is 6.86. The van der Waals surface area contributed by atoms with Gasteiger partial charge in [0.2, 0.25) is 15.9 Å². The van der Waals surface area contributed by atoms with Crippen molar-refractivity contribution in [3.63, 3.8) is 0 Å². The van der Waals surface area contributed by atoms with Crippen LogP contribution in [0.25, 0.3) is 0 Å². The van der Waals surface area contributed by atoms with Gasteiger partial charge >= 0.3 is 0 Å². The quantitative estimate of drug-likeness (QED) is 0.732. The number of hydrogen-bond acceptors (Lipinski definition) is 5. The first-order chi connectivity index (χ1) is 14.3. The summed E-state index contributed by atoms with van der Waals surface area (Å²) >= 11 is 0. The zero-order valence-corrected chi connectivity index (χ0v) is 17.8. The van der Waals surface area contributed by atoms with Crippen LogP contribution in [0.3, 0.4) is 0 Å². The van der Waals surface area contributed by atoms with E-state index in [1.807, 2.05) is 0 Å². The van der Waals surface area contributed by atoms with Crippen molar-refractivity contribution in [3.8, 4) is 0 Å². The highest BCUT2D eigenvalue weighted by Gasteiger charge is 2.28. The third-order valence-corrected chi connectivity index (χ3v) is 6.80. The van der Waals surface area contributed by atoms with Crippen LogP contribution in [0.1, 0.15) is 29.3 Å². The van der Waals surface area contributed by atoms with Crippen LogP contribution in [0.5, 0.6) is 0 Å². The van der Waals surface area contributed by atoms with Crippen molar-refractivity contribution in [1.29, 1.82) is 0 Å². The minimum absolute atomic E-state index is 0.149. The second-order valence-electron chi connectivity index (χ2n) is 6.93. The normalized spacial score (nSPS) is 14.9. The summed E-state index contributed by atoms with van der Waals surface area (Å²) in [4.78, 5) is 24.4. The van der Waals surface area contributed by atoms with E-state index in [2.05, 4.69) is 10.6 Å². The third-order valence-electron chi connectivity index (χ3n) is 4.76. The zero-order valence-electron chi connectivity index (χ0n) is 17.0. The van der Waals surface area contributed by atoms with E-state index in [0.717, 1.165) is 0 Å². The lowest BCUT2D eigenvalue weighted by molar-refractivity contribution is -0.115. The second-order valence-corrected chi connectivity index (χ2v) is 8.84. The van der Waals surface area contributed by atoms with Crippen molar-refractivity contribution in [2.75, 3.05) is 36.9 Å². The molecule has 1 aliphatic heterocycles. The molecule has 0 bridgehead atoms. The molecule has 2 aromatic carbocycles. The fourth-order valence-corrected chi connectivity index (χ4v) is 4.73. The number of ether oxygens (including phenoxy) is 1. The van der Waals surface area contributed by atoms with Gasteiger partial charge in [0, 0.05) is 36.4 Å². The van der Waals surface area contributed by atoms with Gasteiger partial charge in [0.05, 0.1) is 18.1 Å². The van der Waals surface area contributed by atoms with E-state index in [9.17, 15) is 18.0 Å². The van der Waals surface area contributed by atoms with Gasteiger partial charge in [-0.15, -0.1) is 0 Å². The molecule has 2 amide bonds. The zero-order chi connectivity index (χ0) is 21.7. The van der Waals surface area contributed by atoms with Gasteiger partial charge in [-0.2, -0.15) is 4.31 Å². The number of carbonyl (C=O) groups is 2. The molecular formula is C21H25N3O5S. The Labute approximate surface area is 176 Å². The Bertz CT molecular complexity index is 1050. The number of nitrogens with zero attached hydrogens (tertiary/aromatic N) is 1. The molecule has 2 aromatic rings. The summed E-state index contributed by atoms with van der Waals surface area (Å²) < 4.78 is 32.6. The van der Waals surface area contributed by atoms with Crippen molar-refractivity contribution in [3.05, 3.63) is 53.6 Å². The molecule has 160 valence electrons. The molecule has 1 fully saturated rings. The molecule has 2 N–H and O–H groups in total. The maximum atomic E-state index is 13.0. The molecule has 0 unspecified atom stereocenters. The van der Waals surface area contributed by atoms with E-state index >= 15 is 0 Å². The predicted octanol–water partition coefficient (Wildman–Crippen LogP) is 2.62. The van der Waals surface area contributed by atoms with Crippen LogP contribution in [0.4, 0.5) is 11.4 Å². The lowest BCUT2D eigenvalue weighted by Gasteiger charge is -2.26. The van der Waals surface area contributed by atoms with E-state index in [1.165, 1.54) is 10.4 Å². The van der Waals surface area contributed by atoms with Crippen LogP contribution in [0, 0.1) is 6.92 Å². The van der Waals surface area contributed by atoms with Gasteiger partial charge < -0.3 is 15.4 Å². The van der Waals surface area contributed by atoms with Crippen molar-refractivity contribution < 1.29 is 22.7 Å². The lowest BCUT2D eigenvalue weighted by atomic mass is 10.1. The SMILES string of the molecule is CCC(=O)Nc1cccc(C(=O)Nc2ccc(C)c(S(=O)(=O)N3CCOCC3)c2)c1. The van der Waals surface area contributed by atoms with Crippen molar-refractivity contribution >= 4 is 33.2 Å². The molecule has 0 saturated carbocycles. The topological polar surface area (TPSA) is 105 Å². The molecule has 30 heavy (non-hydrogen) atoms. The molecular weight excluding hydrogens is 406 g/mol. The van der Waals surface area contributed by atoms with Gasteiger partial charge in [0.25, 0.3) is 5.91 Å². The van der Waals surface area contributed by atoms with Crippen LogP contribution in [0.15, 0.2) is 47.4 Å². The molecule has 0 atom stereocenters. The fourth-order valence-electron chi connectivity index (χ4n) is 3.07. The van der Waals surface area contributed by atoms with Crippen LogP contribution in [-0.4, -0.2) is 50.8 Å². The van der Waals surface area contributed by atoms with Crippen LogP contribution >= 0.6 is 0 Å².